The lowest BCUT2D eigenvalue weighted by molar-refractivity contribution is 0.475. The summed E-state index contributed by atoms with van der Waals surface area (Å²) in [6.45, 7) is 8.47. The smallest absolute Gasteiger partial charge is 0.115 e. The molecule has 0 aliphatic heterocycles. The Morgan fingerprint density at radius 2 is 0.837 bits per heavy atom. The first-order valence-electron chi connectivity index (χ1n) is 19.8. The molecule has 0 heterocycles. The van der Waals surface area contributed by atoms with Gasteiger partial charge in [0, 0.05) is 0 Å². The van der Waals surface area contributed by atoms with Crippen LogP contribution in [0.25, 0.3) is 0 Å². The molecule has 0 spiro atoms. The SMILES string of the molecule is CCCCCCCCCCCCCC1CC1CCc1ccc(O)cc1.[CH2]CCCCCCCCCCCCCCCCC. The fraction of sp³-hybridized carbons (Fsp3) is 0.833. The zero-order valence-corrected chi connectivity index (χ0v) is 29.5. The maximum Gasteiger partial charge on any atom is 0.115 e. The predicted octanol–water partition coefficient (Wildman–Crippen LogP) is 14.7. The van der Waals surface area contributed by atoms with E-state index >= 15 is 0 Å². The summed E-state index contributed by atoms with van der Waals surface area (Å²) in [6.07, 6.45) is 44.2. The molecule has 0 bridgehead atoms. The summed E-state index contributed by atoms with van der Waals surface area (Å²) in [5, 5.41) is 9.32. The molecule has 0 saturated heterocycles. The fourth-order valence-corrected chi connectivity index (χ4v) is 6.65. The van der Waals surface area contributed by atoms with E-state index in [1.807, 2.05) is 12.1 Å². The van der Waals surface area contributed by atoms with Gasteiger partial charge in [0.15, 0.2) is 0 Å². The molecule has 2 unspecified atom stereocenters. The second-order valence-electron chi connectivity index (χ2n) is 14.1. The average molecular weight is 598 g/mol. The van der Waals surface area contributed by atoms with Crippen LogP contribution in [0.1, 0.15) is 212 Å². The summed E-state index contributed by atoms with van der Waals surface area (Å²) in [5.41, 5.74) is 1.37. The second kappa shape index (κ2) is 31.0. The van der Waals surface area contributed by atoms with Gasteiger partial charge in [0.25, 0.3) is 0 Å². The first-order chi connectivity index (χ1) is 21.2. The third-order valence-electron chi connectivity index (χ3n) is 9.84. The first kappa shape index (κ1) is 40.0. The number of hydrogen-bond acceptors (Lipinski definition) is 1. The highest BCUT2D eigenvalue weighted by atomic mass is 16.3. The topological polar surface area (TPSA) is 20.2 Å². The minimum Gasteiger partial charge on any atom is -0.508 e. The highest BCUT2D eigenvalue weighted by molar-refractivity contribution is 5.26. The summed E-state index contributed by atoms with van der Waals surface area (Å²) in [7, 11) is 0. The highest BCUT2D eigenvalue weighted by Crippen LogP contribution is 2.45. The highest BCUT2D eigenvalue weighted by Gasteiger charge is 2.35. The summed E-state index contributed by atoms with van der Waals surface area (Å²) in [5.74, 6) is 2.39. The molecule has 1 saturated carbocycles. The minimum atomic E-state index is 0.379. The molecule has 1 N–H and O–H groups in total. The van der Waals surface area contributed by atoms with Gasteiger partial charge in [-0.1, -0.05) is 213 Å². The van der Waals surface area contributed by atoms with Gasteiger partial charge >= 0.3 is 0 Å². The van der Waals surface area contributed by atoms with Gasteiger partial charge < -0.3 is 5.11 Å². The van der Waals surface area contributed by atoms with Gasteiger partial charge in [-0.2, -0.15) is 0 Å². The maximum absolute atomic E-state index is 9.32. The van der Waals surface area contributed by atoms with Crippen LogP contribution in [0, 0.1) is 18.8 Å². The van der Waals surface area contributed by atoms with Crippen LogP contribution in [-0.4, -0.2) is 5.11 Å². The van der Waals surface area contributed by atoms with Crippen LogP contribution in [-0.2, 0) is 6.42 Å². The van der Waals surface area contributed by atoms with Crippen molar-refractivity contribution in [3.63, 3.8) is 0 Å². The Hall–Kier alpha value is -0.980. The van der Waals surface area contributed by atoms with Crippen molar-refractivity contribution in [2.75, 3.05) is 0 Å². The van der Waals surface area contributed by atoms with Gasteiger partial charge in [-0.15, -0.1) is 0 Å². The van der Waals surface area contributed by atoms with E-state index in [9.17, 15) is 5.11 Å². The molecule has 2 atom stereocenters. The normalized spacial score (nSPS) is 15.8. The number of aryl methyl sites for hydroxylation is 1. The number of phenols is 1. The Morgan fingerprint density at radius 1 is 0.488 bits per heavy atom. The van der Waals surface area contributed by atoms with E-state index in [2.05, 4.69) is 32.9 Å². The number of benzene rings is 1. The lowest BCUT2D eigenvalue weighted by Gasteiger charge is -2.04. The zero-order chi connectivity index (χ0) is 31.1. The van der Waals surface area contributed by atoms with Crippen LogP contribution in [0.5, 0.6) is 5.75 Å². The third kappa shape index (κ3) is 27.1. The van der Waals surface area contributed by atoms with Gasteiger partial charge in [0.05, 0.1) is 0 Å². The second-order valence-corrected chi connectivity index (χ2v) is 14.1. The number of hydrogen-bond donors (Lipinski definition) is 1. The Labute approximate surface area is 271 Å². The summed E-state index contributed by atoms with van der Waals surface area (Å²) in [6, 6.07) is 7.75. The standard InChI is InChI=1S/C24H40O.C18H37/c1-2-3-4-5-6-7-8-9-10-11-12-13-22-20-23(22)17-14-21-15-18-24(25)19-16-21;1-3-5-7-9-11-13-15-17-18-16-14-12-10-8-6-4-2/h15-16,18-19,22-23,25H,2-14,17,20H2,1H3;1,3-18H2,2H3. The number of aromatic hydroxyl groups is 1. The molecule has 43 heavy (non-hydrogen) atoms. The molecule has 0 amide bonds. The number of phenolic OH excluding ortho intramolecular Hbond substituents is 1. The van der Waals surface area contributed by atoms with E-state index in [4.69, 9.17) is 0 Å². The van der Waals surface area contributed by atoms with Crippen LogP contribution in [0.15, 0.2) is 24.3 Å². The van der Waals surface area contributed by atoms with Crippen molar-refractivity contribution in [2.45, 2.75) is 213 Å². The molecular weight excluding hydrogens is 520 g/mol. The molecule has 1 aliphatic rings. The Balaban J connectivity index is 0.000000457. The van der Waals surface area contributed by atoms with Crippen LogP contribution in [0.2, 0.25) is 0 Å². The van der Waals surface area contributed by atoms with Crippen molar-refractivity contribution in [2.24, 2.45) is 11.8 Å². The molecule has 1 nitrogen and oxygen atoms in total. The van der Waals surface area contributed by atoms with E-state index in [-0.39, 0.29) is 0 Å². The Bertz CT molecular complexity index is 648. The van der Waals surface area contributed by atoms with Crippen molar-refractivity contribution in [3.8, 4) is 5.75 Å². The molecule has 1 aromatic carbocycles. The third-order valence-corrected chi connectivity index (χ3v) is 9.84. The van der Waals surface area contributed by atoms with Gasteiger partial charge in [0.1, 0.15) is 5.75 Å². The van der Waals surface area contributed by atoms with Gasteiger partial charge in [-0.3, -0.25) is 0 Å². The lowest BCUT2D eigenvalue weighted by atomic mass is 10.0. The van der Waals surface area contributed by atoms with Crippen LogP contribution >= 0.6 is 0 Å². The summed E-state index contributed by atoms with van der Waals surface area (Å²) >= 11 is 0. The van der Waals surface area contributed by atoms with Crippen molar-refractivity contribution in [3.05, 3.63) is 36.8 Å². The van der Waals surface area contributed by atoms with E-state index in [1.54, 1.807) is 0 Å². The fourth-order valence-electron chi connectivity index (χ4n) is 6.65. The summed E-state index contributed by atoms with van der Waals surface area (Å²) in [4.78, 5) is 0. The van der Waals surface area contributed by atoms with Gasteiger partial charge in [0.2, 0.25) is 0 Å². The number of rotatable bonds is 30. The van der Waals surface area contributed by atoms with Gasteiger partial charge in [-0.05, 0) is 48.8 Å². The minimum absolute atomic E-state index is 0.379. The van der Waals surface area contributed by atoms with Crippen molar-refractivity contribution >= 4 is 0 Å². The van der Waals surface area contributed by atoms with Crippen LogP contribution in [0.3, 0.4) is 0 Å². The Kier molecular flexibility index (Phi) is 28.9. The monoisotopic (exact) mass is 598 g/mol. The molecule has 1 radical (unpaired) electrons. The van der Waals surface area contributed by atoms with E-state index < -0.39 is 0 Å². The summed E-state index contributed by atoms with van der Waals surface area (Å²) < 4.78 is 0. The largest absolute Gasteiger partial charge is 0.508 e. The van der Waals surface area contributed by atoms with Crippen LogP contribution < -0.4 is 0 Å². The maximum atomic E-state index is 9.32. The van der Waals surface area contributed by atoms with E-state index in [0.29, 0.717) is 5.75 Å². The van der Waals surface area contributed by atoms with E-state index in [1.165, 1.54) is 198 Å². The molecule has 1 aliphatic carbocycles. The van der Waals surface area contributed by atoms with E-state index in [0.717, 1.165) is 18.3 Å². The Morgan fingerprint density at radius 3 is 1.23 bits per heavy atom. The van der Waals surface area contributed by atoms with Crippen LogP contribution in [0.4, 0.5) is 0 Å². The van der Waals surface area contributed by atoms with Crippen molar-refractivity contribution in [1.29, 1.82) is 0 Å². The quantitative estimate of drug-likeness (QED) is 0.0874. The van der Waals surface area contributed by atoms with Crippen molar-refractivity contribution < 1.29 is 5.11 Å². The zero-order valence-electron chi connectivity index (χ0n) is 29.5. The number of unbranched alkanes of at least 4 members (excludes halogenated alkanes) is 25. The molecular formula is C42H77O. The lowest BCUT2D eigenvalue weighted by Crippen LogP contribution is -1.90. The van der Waals surface area contributed by atoms with Crippen molar-refractivity contribution in [1.82, 2.24) is 0 Å². The molecule has 1 aromatic rings. The molecule has 2 rings (SSSR count). The molecule has 0 aromatic heterocycles. The first-order valence-corrected chi connectivity index (χ1v) is 19.8. The molecule has 1 heteroatoms. The molecule has 1 fully saturated rings. The van der Waals surface area contributed by atoms with Gasteiger partial charge in [-0.25, -0.2) is 0 Å². The predicted molar refractivity (Wildman–Crippen MR) is 194 cm³/mol. The average Bonchev–Trinajstić information content (AvgIpc) is 3.78. The molecule has 251 valence electrons.